The predicted molar refractivity (Wildman–Crippen MR) is 59.7 cm³/mol. The Hall–Kier alpha value is -2.09. The lowest BCUT2D eigenvalue weighted by Crippen LogP contribution is -2.08. The molecule has 0 heterocycles. The number of hydrogen-bond acceptors (Lipinski definition) is 2. The van der Waals surface area contributed by atoms with Gasteiger partial charge >= 0.3 is 0 Å². The summed E-state index contributed by atoms with van der Waals surface area (Å²) < 4.78 is 0. The van der Waals surface area contributed by atoms with Crippen molar-refractivity contribution in [1.29, 1.82) is 0 Å². The summed E-state index contributed by atoms with van der Waals surface area (Å²) in [4.78, 5) is 11.7. The molecule has 0 saturated carbocycles. The molecule has 72 valence electrons. The molecule has 0 unspecified atom stereocenters. The van der Waals surface area contributed by atoms with Crippen LogP contribution < -0.4 is 5.73 Å². The molecule has 0 saturated heterocycles. The summed E-state index contributed by atoms with van der Waals surface area (Å²) >= 11 is 0. The van der Waals surface area contributed by atoms with Gasteiger partial charge in [-0.25, -0.2) is 0 Å². The van der Waals surface area contributed by atoms with Crippen LogP contribution in [-0.2, 0) is 4.79 Å². The van der Waals surface area contributed by atoms with Gasteiger partial charge in [0, 0.05) is 17.3 Å². The number of carbonyl (C=O) groups excluding carboxylic acids is 1. The Balaban J connectivity index is 2.28. The van der Waals surface area contributed by atoms with Crippen molar-refractivity contribution in [3.8, 4) is 0 Å². The maximum atomic E-state index is 11.7. The standard InChI is InChI=1S/C13H9NO/c14-9-6-11-10-4-2-1-3-8(10)5-12(11)13(15)7-9/h1-7H,14H2. The monoisotopic (exact) mass is 195 g/mol. The fourth-order valence-corrected chi connectivity index (χ4v) is 2.04. The highest BCUT2D eigenvalue weighted by atomic mass is 16.1. The molecule has 0 aromatic heterocycles. The molecule has 0 fully saturated rings. The van der Waals surface area contributed by atoms with Gasteiger partial charge in [0.1, 0.15) is 0 Å². The minimum absolute atomic E-state index is 0.00111. The molecule has 1 aromatic carbocycles. The Bertz CT molecular complexity index is 562. The van der Waals surface area contributed by atoms with Gasteiger partial charge in [0.05, 0.1) is 0 Å². The van der Waals surface area contributed by atoms with Crippen LogP contribution in [0.4, 0.5) is 0 Å². The fourth-order valence-electron chi connectivity index (χ4n) is 2.04. The second-order valence-corrected chi connectivity index (χ2v) is 3.71. The summed E-state index contributed by atoms with van der Waals surface area (Å²) in [6.07, 6.45) is 5.26. The van der Waals surface area contributed by atoms with Gasteiger partial charge in [-0.05, 0) is 28.9 Å². The summed E-state index contributed by atoms with van der Waals surface area (Å²) in [5, 5.41) is 0. The van der Waals surface area contributed by atoms with Crippen molar-refractivity contribution in [2.24, 2.45) is 5.73 Å². The molecule has 15 heavy (non-hydrogen) atoms. The lowest BCUT2D eigenvalue weighted by atomic mass is 9.95. The predicted octanol–water partition coefficient (Wildman–Crippen LogP) is 1.89. The minimum atomic E-state index is 0.00111. The molecule has 0 radical (unpaired) electrons. The maximum absolute atomic E-state index is 11.7. The molecule has 0 amide bonds. The highest BCUT2D eigenvalue weighted by Gasteiger charge is 2.25. The number of allylic oxidation sites excluding steroid dienone is 4. The van der Waals surface area contributed by atoms with Gasteiger partial charge < -0.3 is 5.73 Å². The van der Waals surface area contributed by atoms with Crippen molar-refractivity contribution in [3.63, 3.8) is 0 Å². The molecular formula is C13H9NO. The fraction of sp³-hybridized carbons (Fsp3) is 0. The van der Waals surface area contributed by atoms with Crippen molar-refractivity contribution in [2.45, 2.75) is 0 Å². The van der Waals surface area contributed by atoms with Crippen molar-refractivity contribution in [2.75, 3.05) is 0 Å². The minimum Gasteiger partial charge on any atom is -0.399 e. The summed E-state index contributed by atoms with van der Waals surface area (Å²) in [6.45, 7) is 0. The van der Waals surface area contributed by atoms with E-state index in [0.29, 0.717) is 5.70 Å². The third-order valence-electron chi connectivity index (χ3n) is 2.72. The van der Waals surface area contributed by atoms with E-state index in [1.54, 1.807) is 0 Å². The molecule has 2 aliphatic carbocycles. The number of fused-ring (bicyclic) bond motifs is 3. The lowest BCUT2D eigenvalue weighted by molar-refractivity contribution is -0.110. The number of rotatable bonds is 0. The van der Waals surface area contributed by atoms with E-state index in [4.69, 9.17) is 5.73 Å². The van der Waals surface area contributed by atoms with E-state index >= 15 is 0 Å². The molecule has 0 bridgehead atoms. The molecule has 2 aliphatic rings. The molecule has 2 nitrogen and oxygen atoms in total. The zero-order valence-corrected chi connectivity index (χ0v) is 8.03. The smallest absolute Gasteiger partial charge is 0.188 e. The van der Waals surface area contributed by atoms with E-state index in [9.17, 15) is 4.79 Å². The number of benzene rings is 1. The van der Waals surface area contributed by atoms with Crippen LogP contribution in [0.5, 0.6) is 0 Å². The number of ketones is 1. The van der Waals surface area contributed by atoms with Crippen LogP contribution in [0.25, 0.3) is 11.6 Å². The topological polar surface area (TPSA) is 43.1 Å². The molecule has 0 atom stereocenters. The maximum Gasteiger partial charge on any atom is 0.188 e. The normalized spacial score (nSPS) is 17.6. The molecular weight excluding hydrogens is 186 g/mol. The Morgan fingerprint density at radius 1 is 0.933 bits per heavy atom. The van der Waals surface area contributed by atoms with Crippen molar-refractivity contribution < 1.29 is 4.79 Å². The van der Waals surface area contributed by atoms with Crippen molar-refractivity contribution in [1.82, 2.24) is 0 Å². The van der Waals surface area contributed by atoms with Gasteiger partial charge in [-0.15, -0.1) is 0 Å². The highest BCUT2D eigenvalue weighted by Crippen LogP contribution is 2.38. The molecule has 2 heteroatoms. The van der Waals surface area contributed by atoms with Crippen LogP contribution >= 0.6 is 0 Å². The Kier molecular flexibility index (Phi) is 1.48. The van der Waals surface area contributed by atoms with E-state index in [1.807, 2.05) is 36.4 Å². The van der Waals surface area contributed by atoms with Crippen LogP contribution in [0, 0.1) is 0 Å². The average molecular weight is 195 g/mol. The quantitative estimate of drug-likeness (QED) is 0.687. The van der Waals surface area contributed by atoms with E-state index in [-0.39, 0.29) is 5.78 Å². The molecule has 1 aromatic rings. The second kappa shape index (κ2) is 2.70. The third-order valence-corrected chi connectivity index (χ3v) is 2.72. The lowest BCUT2D eigenvalue weighted by Gasteiger charge is -2.09. The molecule has 2 N–H and O–H groups in total. The van der Waals surface area contributed by atoms with E-state index < -0.39 is 0 Å². The van der Waals surface area contributed by atoms with E-state index in [1.165, 1.54) is 6.08 Å². The van der Waals surface area contributed by atoms with Gasteiger partial charge in [-0.2, -0.15) is 0 Å². The summed E-state index contributed by atoms with van der Waals surface area (Å²) in [5.41, 5.74) is 10.1. The highest BCUT2D eigenvalue weighted by molar-refractivity contribution is 6.23. The van der Waals surface area contributed by atoms with Gasteiger partial charge in [-0.1, -0.05) is 24.3 Å². The molecule has 0 spiro atoms. The van der Waals surface area contributed by atoms with Crippen LogP contribution in [0.2, 0.25) is 0 Å². The van der Waals surface area contributed by atoms with E-state index in [0.717, 1.165) is 22.3 Å². The second-order valence-electron chi connectivity index (χ2n) is 3.71. The van der Waals surface area contributed by atoms with Crippen LogP contribution in [0.15, 0.2) is 47.7 Å². The first kappa shape index (κ1) is 8.24. The Labute approximate surface area is 87.4 Å². The number of carbonyl (C=O) groups is 1. The van der Waals surface area contributed by atoms with Crippen LogP contribution in [0.3, 0.4) is 0 Å². The summed E-state index contributed by atoms with van der Waals surface area (Å²) in [5.74, 6) is 0.00111. The van der Waals surface area contributed by atoms with Crippen molar-refractivity contribution in [3.05, 3.63) is 58.8 Å². The number of hydrogen-bond donors (Lipinski definition) is 1. The molecule has 3 rings (SSSR count). The van der Waals surface area contributed by atoms with Crippen LogP contribution in [0.1, 0.15) is 11.1 Å². The zero-order valence-electron chi connectivity index (χ0n) is 8.03. The van der Waals surface area contributed by atoms with E-state index in [2.05, 4.69) is 0 Å². The average Bonchev–Trinajstić information content (AvgIpc) is 2.57. The molecule has 0 aliphatic heterocycles. The third kappa shape index (κ3) is 1.08. The van der Waals surface area contributed by atoms with Gasteiger partial charge in [0.2, 0.25) is 0 Å². The Morgan fingerprint density at radius 3 is 2.60 bits per heavy atom. The van der Waals surface area contributed by atoms with Gasteiger partial charge in [0.25, 0.3) is 0 Å². The van der Waals surface area contributed by atoms with Gasteiger partial charge in [0.15, 0.2) is 5.78 Å². The Morgan fingerprint density at radius 2 is 1.73 bits per heavy atom. The summed E-state index contributed by atoms with van der Waals surface area (Å²) in [7, 11) is 0. The largest absolute Gasteiger partial charge is 0.399 e. The van der Waals surface area contributed by atoms with Crippen LogP contribution in [-0.4, -0.2) is 5.78 Å². The first-order valence-electron chi connectivity index (χ1n) is 4.80. The first-order valence-corrected chi connectivity index (χ1v) is 4.80. The summed E-state index contributed by atoms with van der Waals surface area (Å²) in [6, 6.07) is 7.95. The van der Waals surface area contributed by atoms with Crippen molar-refractivity contribution >= 4 is 17.4 Å². The SMILES string of the molecule is NC1=CC(=O)C2=Cc3ccccc3C2=C1. The first-order chi connectivity index (χ1) is 7.25. The van der Waals surface area contributed by atoms with Gasteiger partial charge in [-0.3, -0.25) is 4.79 Å². The zero-order chi connectivity index (χ0) is 10.4. The number of nitrogens with two attached hydrogens (primary N) is 1.